The lowest BCUT2D eigenvalue weighted by molar-refractivity contribution is -0.139. The SMILES string of the molecule is CCC[C@H](NC(=O)c1ccc(Cl)nc1Cl)C(=O)O. The van der Waals surface area contributed by atoms with Crippen molar-refractivity contribution in [2.24, 2.45) is 0 Å². The van der Waals surface area contributed by atoms with Crippen molar-refractivity contribution in [1.82, 2.24) is 10.3 Å². The Morgan fingerprint density at radius 1 is 1.44 bits per heavy atom. The zero-order chi connectivity index (χ0) is 13.7. The van der Waals surface area contributed by atoms with Crippen molar-refractivity contribution >= 4 is 35.1 Å². The molecule has 98 valence electrons. The van der Waals surface area contributed by atoms with Gasteiger partial charge in [0.2, 0.25) is 0 Å². The van der Waals surface area contributed by atoms with Gasteiger partial charge in [-0.3, -0.25) is 4.79 Å². The fraction of sp³-hybridized carbons (Fsp3) is 0.364. The molecule has 18 heavy (non-hydrogen) atoms. The van der Waals surface area contributed by atoms with E-state index < -0.39 is 17.9 Å². The van der Waals surface area contributed by atoms with Crippen LogP contribution in [0.1, 0.15) is 30.1 Å². The number of carbonyl (C=O) groups is 2. The molecule has 0 fully saturated rings. The molecule has 1 amide bonds. The zero-order valence-corrected chi connectivity index (χ0v) is 11.1. The van der Waals surface area contributed by atoms with Gasteiger partial charge in [0, 0.05) is 0 Å². The van der Waals surface area contributed by atoms with E-state index in [0.717, 1.165) is 0 Å². The van der Waals surface area contributed by atoms with Crippen molar-refractivity contribution in [3.05, 3.63) is 28.0 Å². The first kappa shape index (κ1) is 14.7. The molecule has 0 aromatic carbocycles. The van der Waals surface area contributed by atoms with E-state index in [0.29, 0.717) is 12.8 Å². The second-order valence-corrected chi connectivity index (χ2v) is 4.37. The number of nitrogens with zero attached hydrogens (tertiary/aromatic N) is 1. The van der Waals surface area contributed by atoms with Crippen LogP contribution in [-0.4, -0.2) is 28.0 Å². The highest BCUT2D eigenvalue weighted by Crippen LogP contribution is 2.16. The van der Waals surface area contributed by atoms with Gasteiger partial charge in [0.15, 0.2) is 0 Å². The number of rotatable bonds is 5. The smallest absolute Gasteiger partial charge is 0.326 e. The van der Waals surface area contributed by atoms with Gasteiger partial charge in [-0.15, -0.1) is 0 Å². The summed E-state index contributed by atoms with van der Waals surface area (Å²) in [5, 5.41) is 11.4. The number of pyridine rings is 1. The van der Waals surface area contributed by atoms with E-state index in [1.54, 1.807) is 0 Å². The molecule has 1 rings (SSSR count). The van der Waals surface area contributed by atoms with Gasteiger partial charge < -0.3 is 10.4 Å². The Kier molecular flexibility index (Phi) is 5.37. The van der Waals surface area contributed by atoms with Crippen LogP contribution in [0.5, 0.6) is 0 Å². The van der Waals surface area contributed by atoms with E-state index in [4.69, 9.17) is 28.3 Å². The molecule has 7 heteroatoms. The lowest BCUT2D eigenvalue weighted by Crippen LogP contribution is -2.40. The summed E-state index contributed by atoms with van der Waals surface area (Å²) in [6.07, 6.45) is 0.990. The molecule has 0 spiro atoms. The summed E-state index contributed by atoms with van der Waals surface area (Å²) in [7, 11) is 0. The van der Waals surface area contributed by atoms with Crippen molar-refractivity contribution in [3.63, 3.8) is 0 Å². The number of nitrogens with one attached hydrogen (secondary N) is 1. The minimum atomic E-state index is -1.08. The van der Waals surface area contributed by atoms with Gasteiger partial charge in [-0.25, -0.2) is 9.78 Å². The molecule has 0 saturated heterocycles. The van der Waals surface area contributed by atoms with Crippen LogP contribution in [0.4, 0.5) is 0 Å². The number of amides is 1. The molecule has 0 radical (unpaired) electrons. The van der Waals surface area contributed by atoms with Gasteiger partial charge in [-0.05, 0) is 18.6 Å². The Morgan fingerprint density at radius 3 is 2.61 bits per heavy atom. The number of halogens is 2. The highest BCUT2D eigenvalue weighted by atomic mass is 35.5. The van der Waals surface area contributed by atoms with Gasteiger partial charge in [0.05, 0.1) is 5.56 Å². The van der Waals surface area contributed by atoms with E-state index in [9.17, 15) is 9.59 Å². The Balaban J connectivity index is 2.83. The fourth-order valence-corrected chi connectivity index (χ4v) is 1.79. The molecule has 0 aliphatic heterocycles. The highest BCUT2D eigenvalue weighted by molar-refractivity contribution is 6.34. The zero-order valence-electron chi connectivity index (χ0n) is 9.61. The standard InChI is InChI=1S/C11H12Cl2N2O3/c1-2-3-7(11(17)18)14-10(16)6-4-5-8(12)15-9(6)13/h4-5,7H,2-3H2,1H3,(H,14,16)(H,17,18)/t7-/m0/s1. The summed E-state index contributed by atoms with van der Waals surface area (Å²) in [5.74, 6) is -1.66. The predicted octanol–water partition coefficient (Wildman–Crippen LogP) is 2.37. The molecule has 2 N–H and O–H groups in total. The third-order valence-electron chi connectivity index (χ3n) is 2.24. The molecule has 0 unspecified atom stereocenters. The van der Waals surface area contributed by atoms with Crippen molar-refractivity contribution in [3.8, 4) is 0 Å². The first-order valence-corrected chi connectivity index (χ1v) is 6.07. The van der Waals surface area contributed by atoms with Gasteiger partial charge >= 0.3 is 5.97 Å². The molecule has 1 heterocycles. The van der Waals surface area contributed by atoms with E-state index >= 15 is 0 Å². The van der Waals surface area contributed by atoms with Gasteiger partial charge in [0.25, 0.3) is 5.91 Å². The lowest BCUT2D eigenvalue weighted by atomic mass is 10.1. The van der Waals surface area contributed by atoms with E-state index in [1.807, 2.05) is 6.92 Å². The third-order valence-corrected chi connectivity index (χ3v) is 2.74. The van der Waals surface area contributed by atoms with Crippen LogP contribution >= 0.6 is 23.2 Å². The fourth-order valence-electron chi connectivity index (χ4n) is 1.36. The Morgan fingerprint density at radius 2 is 2.11 bits per heavy atom. The van der Waals surface area contributed by atoms with Crippen molar-refractivity contribution in [1.29, 1.82) is 0 Å². The molecule has 1 aromatic heterocycles. The molecule has 0 bridgehead atoms. The van der Waals surface area contributed by atoms with Gasteiger partial charge in [-0.2, -0.15) is 0 Å². The maximum atomic E-state index is 11.8. The third kappa shape index (κ3) is 3.85. The molecule has 0 aliphatic rings. The summed E-state index contributed by atoms with van der Waals surface area (Å²) in [6.45, 7) is 1.83. The number of hydrogen-bond acceptors (Lipinski definition) is 3. The van der Waals surface area contributed by atoms with Gasteiger partial charge in [0.1, 0.15) is 16.3 Å². The lowest BCUT2D eigenvalue weighted by Gasteiger charge is -2.13. The number of carboxylic acids is 1. The average Bonchev–Trinajstić information content (AvgIpc) is 2.27. The predicted molar refractivity (Wildman–Crippen MR) is 68.1 cm³/mol. The first-order chi connectivity index (χ1) is 8.45. The number of carbonyl (C=O) groups excluding carboxylic acids is 1. The second kappa shape index (κ2) is 6.56. The maximum Gasteiger partial charge on any atom is 0.326 e. The summed E-state index contributed by atoms with van der Waals surface area (Å²) < 4.78 is 0. The number of carboxylic acid groups (broad SMARTS) is 1. The van der Waals surface area contributed by atoms with E-state index in [1.165, 1.54) is 12.1 Å². The second-order valence-electron chi connectivity index (χ2n) is 3.63. The van der Waals surface area contributed by atoms with Crippen LogP contribution in [0.15, 0.2) is 12.1 Å². The van der Waals surface area contributed by atoms with Crippen LogP contribution in [-0.2, 0) is 4.79 Å². The minimum Gasteiger partial charge on any atom is -0.480 e. The van der Waals surface area contributed by atoms with E-state index in [2.05, 4.69) is 10.3 Å². The van der Waals surface area contributed by atoms with Crippen LogP contribution < -0.4 is 5.32 Å². The Hall–Kier alpha value is -1.33. The normalized spacial score (nSPS) is 11.9. The Labute approximate surface area is 114 Å². The summed E-state index contributed by atoms with van der Waals surface area (Å²) in [6, 6.07) is 1.88. The Bertz CT molecular complexity index is 466. The van der Waals surface area contributed by atoms with Crippen LogP contribution in [0, 0.1) is 0 Å². The monoisotopic (exact) mass is 290 g/mol. The van der Waals surface area contributed by atoms with Crippen LogP contribution in [0.3, 0.4) is 0 Å². The maximum absolute atomic E-state index is 11.8. The quantitative estimate of drug-likeness (QED) is 0.816. The van der Waals surface area contributed by atoms with Gasteiger partial charge in [-0.1, -0.05) is 36.5 Å². The van der Waals surface area contributed by atoms with E-state index in [-0.39, 0.29) is 15.9 Å². The average molecular weight is 291 g/mol. The summed E-state index contributed by atoms with van der Waals surface area (Å²) in [5.41, 5.74) is 0.100. The summed E-state index contributed by atoms with van der Waals surface area (Å²) in [4.78, 5) is 26.5. The van der Waals surface area contributed by atoms with Crippen molar-refractivity contribution in [2.45, 2.75) is 25.8 Å². The summed E-state index contributed by atoms with van der Waals surface area (Å²) >= 11 is 11.4. The molecule has 5 nitrogen and oxygen atoms in total. The highest BCUT2D eigenvalue weighted by Gasteiger charge is 2.21. The topological polar surface area (TPSA) is 79.3 Å². The molecule has 1 atom stereocenters. The van der Waals surface area contributed by atoms with Crippen molar-refractivity contribution < 1.29 is 14.7 Å². The number of hydrogen-bond donors (Lipinski definition) is 2. The number of aromatic nitrogens is 1. The largest absolute Gasteiger partial charge is 0.480 e. The molecular formula is C11H12Cl2N2O3. The molecule has 0 aliphatic carbocycles. The molecular weight excluding hydrogens is 279 g/mol. The molecule has 1 aromatic rings. The minimum absolute atomic E-state index is 0.0550. The number of aliphatic carboxylic acids is 1. The molecule has 0 saturated carbocycles. The van der Waals surface area contributed by atoms with Crippen molar-refractivity contribution in [2.75, 3.05) is 0 Å². The van der Waals surface area contributed by atoms with Crippen LogP contribution in [0.2, 0.25) is 10.3 Å². The van der Waals surface area contributed by atoms with Crippen LogP contribution in [0.25, 0.3) is 0 Å². The first-order valence-electron chi connectivity index (χ1n) is 5.31.